The van der Waals surface area contributed by atoms with Crippen molar-refractivity contribution in [3.05, 3.63) is 0 Å². The molecule has 0 saturated heterocycles. The van der Waals surface area contributed by atoms with E-state index in [1.54, 1.807) is 13.8 Å². The molecule has 2 aliphatic carbocycles. The predicted molar refractivity (Wildman–Crippen MR) is 118 cm³/mol. The molecule has 0 aromatic carbocycles. The smallest absolute Gasteiger partial charge is 1.00 e. The Morgan fingerprint density at radius 3 is 1.57 bits per heavy atom. The Kier molecular flexibility index (Phi) is 22.2. The second-order valence-corrected chi connectivity index (χ2v) is 8.55. The van der Waals surface area contributed by atoms with Gasteiger partial charge in [-0.25, -0.2) is 0 Å². The zero-order chi connectivity index (χ0) is 22.1. The summed E-state index contributed by atoms with van der Waals surface area (Å²) in [6.07, 6.45) is 10.4. The molecule has 0 spiro atoms. The SMILES string of the molecule is BrC1CCCC1.CCOC(=O)C(C)C1CCCC1.CCOC(=O)CC(=O)OCC.[H-].[Na+]. The summed E-state index contributed by atoms with van der Waals surface area (Å²) in [5, 5.41) is 0. The topological polar surface area (TPSA) is 78.9 Å². The van der Waals surface area contributed by atoms with Crippen molar-refractivity contribution in [1.29, 1.82) is 0 Å². The van der Waals surface area contributed by atoms with Gasteiger partial charge in [0.1, 0.15) is 6.42 Å². The van der Waals surface area contributed by atoms with Gasteiger partial charge in [-0.05, 0) is 52.4 Å². The molecule has 30 heavy (non-hydrogen) atoms. The molecule has 0 heterocycles. The Balaban J connectivity index is -0.000000384. The van der Waals surface area contributed by atoms with Gasteiger partial charge in [-0.1, -0.05) is 48.5 Å². The fourth-order valence-corrected chi connectivity index (χ4v) is 3.99. The van der Waals surface area contributed by atoms with E-state index in [0.717, 1.165) is 4.83 Å². The van der Waals surface area contributed by atoms with Crippen molar-refractivity contribution in [2.75, 3.05) is 19.8 Å². The summed E-state index contributed by atoms with van der Waals surface area (Å²) >= 11 is 3.54. The van der Waals surface area contributed by atoms with Gasteiger partial charge in [0, 0.05) is 4.83 Å². The quantitative estimate of drug-likeness (QED) is 0.175. The molecule has 1 unspecified atom stereocenters. The molecule has 0 aromatic heterocycles. The van der Waals surface area contributed by atoms with Crippen LogP contribution in [0.5, 0.6) is 0 Å². The van der Waals surface area contributed by atoms with Crippen LogP contribution in [-0.4, -0.2) is 42.6 Å². The van der Waals surface area contributed by atoms with Crippen molar-refractivity contribution < 1.29 is 59.6 Å². The van der Waals surface area contributed by atoms with Crippen LogP contribution >= 0.6 is 15.9 Å². The molecule has 0 N–H and O–H groups in total. The molecule has 6 nitrogen and oxygen atoms in total. The molecule has 0 bridgehead atoms. The third-order valence-electron chi connectivity index (χ3n) is 4.95. The van der Waals surface area contributed by atoms with Gasteiger partial charge in [0.25, 0.3) is 0 Å². The molecular formula is C22H40BrNaO6. The zero-order valence-electron chi connectivity index (χ0n) is 20.5. The number of alkyl halides is 1. The maximum atomic E-state index is 11.3. The van der Waals surface area contributed by atoms with E-state index in [2.05, 4.69) is 25.4 Å². The van der Waals surface area contributed by atoms with Gasteiger partial charge in [0.2, 0.25) is 0 Å². The van der Waals surface area contributed by atoms with Crippen LogP contribution in [0.15, 0.2) is 0 Å². The van der Waals surface area contributed by atoms with Gasteiger partial charge < -0.3 is 15.6 Å². The van der Waals surface area contributed by atoms with Crippen LogP contribution < -0.4 is 29.6 Å². The average molecular weight is 503 g/mol. The van der Waals surface area contributed by atoms with E-state index in [1.807, 2.05) is 13.8 Å². The van der Waals surface area contributed by atoms with Gasteiger partial charge in [0.05, 0.1) is 25.7 Å². The fraction of sp³-hybridized carbons (Fsp3) is 0.864. The van der Waals surface area contributed by atoms with E-state index in [1.165, 1.54) is 51.4 Å². The fourth-order valence-electron chi connectivity index (χ4n) is 3.34. The van der Waals surface area contributed by atoms with Crippen LogP contribution in [0.1, 0.15) is 86.9 Å². The Morgan fingerprint density at radius 1 is 0.833 bits per heavy atom. The minimum absolute atomic E-state index is 0. The van der Waals surface area contributed by atoms with Crippen molar-refractivity contribution in [3.8, 4) is 0 Å². The first kappa shape index (κ1) is 32.1. The van der Waals surface area contributed by atoms with Gasteiger partial charge in [0.15, 0.2) is 0 Å². The van der Waals surface area contributed by atoms with Gasteiger partial charge in [-0.3, -0.25) is 14.4 Å². The van der Waals surface area contributed by atoms with E-state index in [9.17, 15) is 14.4 Å². The molecule has 1 atom stereocenters. The monoisotopic (exact) mass is 502 g/mol. The Morgan fingerprint density at radius 2 is 1.23 bits per heavy atom. The minimum Gasteiger partial charge on any atom is -1.00 e. The number of hydrogen-bond acceptors (Lipinski definition) is 6. The summed E-state index contributed by atoms with van der Waals surface area (Å²) in [7, 11) is 0. The van der Waals surface area contributed by atoms with Crippen LogP contribution in [0, 0.1) is 11.8 Å². The number of carbonyl (C=O) groups is 3. The van der Waals surface area contributed by atoms with Crippen LogP contribution in [0.4, 0.5) is 0 Å². The largest absolute Gasteiger partial charge is 1.00 e. The molecule has 0 aliphatic heterocycles. The average Bonchev–Trinajstić information content (AvgIpc) is 3.36. The van der Waals surface area contributed by atoms with E-state index in [4.69, 9.17) is 4.74 Å². The van der Waals surface area contributed by atoms with Crippen LogP contribution in [0.25, 0.3) is 0 Å². The number of carbonyl (C=O) groups excluding carboxylic acids is 3. The molecule has 2 aliphatic rings. The van der Waals surface area contributed by atoms with Gasteiger partial charge in [-0.15, -0.1) is 0 Å². The van der Waals surface area contributed by atoms with Crippen molar-refractivity contribution in [1.82, 2.24) is 0 Å². The Bertz CT molecular complexity index is 453. The second kappa shape index (κ2) is 20.8. The molecule has 0 amide bonds. The Labute approximate surface area is 214 Å². The number of rotatable bonds is 7. The van der Waals surface area contributed by atoms with Gasteiger partial charge in [-0.2, -0.15) is 0 Å². The number of ether oxygens (including phenoxy) is 3. The Hall–Kier alpha value is -0.110. The maximum Gasteiger partial charge on any atom is 1.00 e. The molecule has 0 radical (unpaired) electrons. The normalized spacial score (nSPS) is 16.7. The molecular weight excluding hydrogens is 463 g/mol. The molecule has 2 fully saturated rings. The summed E-state index contributed by atoms with van der Waals surface area (Å²) in [4.78, 5) is 33.4. The third-order valence-corrected chi connectivity index (χ3v) is 5.87. The molecule has 0 aromatic rings. The first-order chi connectivity index (χ1) is 13.8. The number of hydrogen-bond donors (Lipinski definition) is 0. The number of halogens is 1. The second-order valence-electron chi connectivity index (χ2n) is 7.25. The van der Waals surface area contributed by atoms with Crippen molar-refractivity contribution in [3.63, 3.8) is 0 Å². The van der Waals surface area contributed by atoms with Gasteiger partial charge >= 0.3 is 47.5 Å². The van der Waals surface area contributed by atoms with E-state index < -0.39 is 11.9 Å². The van der Waals surface area contributed by atoms with Crippen LogP contribution in [0.3, 0.4) is 0 Å². The first-order valence-corrected chi connectivity index (χ1v) is 11.9. The minimum atomic E-state index is -0.536. The van der Waals surface area contributed by atoms with Crippen LogP contribution in [-0.2, 0) is 28.6 Å². The van der Waals surface area contributed by atoms with Crippen molar-refractivity contribution >= 4 is 33.8 Å². The van der Waals surface area contributed by atoms with Crippen molar-refractivity contribution in [2.24, 2.45) is 11.8 Å². The first-order valence-electron chi connectivity index (χ1n) is 11.0. The van der Waals surface area contributed by atoms with E-state index in [-0.39, 0.29) is 62.5 Å². The van der Waals surface area contributed by atoms with E-state index >= 15 is 0 Å². The maximum absolute atomic E-state index is 11.3. The summed E-state index contributed by atoms with van der Waals surface area (Å²) in [5.74, 6) is -0.377. The molecule has 2 saturated carbocycles. The molecule has 172 valence electrons. The molecule has 8 heteroatoms. The zero-order valence-corrected chi connectivity index (χ0v) is 23.1. The molecule has 2 rings (SSSR count). The number of esters is 3. The van der Waals surface area contributed by atoms with E-state index in [0.29, 0.717) is 12.5 Å². The standard InChI is InChI=1S/C10H18O2.C7H12O4.C5H9Br.Na.H/c1-3-12-10(11)8(2)9-6-4-5-7-9;1-3-10-6(8)5-7(9)11-4-2;6-5-3-1-2-4-5;;/h8-9H,3-7H2,1-2H3;3-5H2,1-2H3;5H,1-4H2;;/q;;;+1;-1. The summed E-state index contributed by atoms with van der Waals surface area (Å²) in [6.45, 7) is 8.31. The third kappa shape index (κ3) is 16.6. The van der Waals surface area contributed by atoms with Crippen LogP contribution in [0.2, 0.25) is 0 Å². The summed E-state index contributed by atoms with van der Waals surface area (Å²) in [6, 6.07) is 0. The van der Waals surface area contributed by atoms with Crippen molar-refractivity contribution in [2.45, 2.75) is 90.3 Å². The summed E-state index contributed by atoms with van der Waals surface area (Å²) < 4.78 is 14.0. The summed E-state index contributed by atoms with van der Waals surface area (Å²) in [5.41, 5.74) is 0. The predicted octanol–water partition coefficient (Wildman–Crippen LogP) is 2.32.